The first-order valence-corrected chi connectivity index (χ1v) is 18.1. The quantitative estimate of drug-likeness (QED) is 0.242. The maximum absolute atomic E-state index is 14.3. The molecule has 4 atom stereocenters. The highest BCUT2D eigenvalue weighted by Crippen LogP contribution is 2.31. The Balaban J connectivity index is 1.60. The fraction of sp³-hybridized carbons (Fsp3) is 0.444. The molecule has 0 bridgehead atoms. The third-order valence-electron chi connectivity index (χ3n) is 8.67. The van der Waals surface area contributed by atoms with Crippen molar-refractivity contribution in [2.75, 3.05) is 44.0 Å². The predicted molar refractivity (Wildman–Crippen MR) is 187 cm³/mol. The number of nitrogens with one attached hydrogen (secondary N) is 2. The number of carbonyl (C=O) groups is 2. The third-order valence-corrected chi connectivity index (χ3v) is 10.5. The average molecular weight is 735 g/mol. The van der Waals surface area contributed by atoms with Gasteiger partial charge < -0.3 is 30.1 Å². The van der Waals surface area contributed by atoms with Crippen molar-refractivity contribution in [1.29, 1.82) is 0 Å². The van der Waals surface area contributed by atoms with Crippen molar-refractivity contribution in [2.45, 2.75) is 69.4 Å². The molecule has 1 aliphatic rings. The van der Waals surface area contributed by atoms with Gasteiger partial charge in [-0.05, 0) is 87.7 Å². The number of alkyl halides is 3. The van der Waals surface area contributed by atoms with Gasteiger partial charge in [-0.2, -0.15) is 17.5 Å². The normalized spacial score (nSPS) is 20.1. The minimum Gasteiger partial charge on any atom is -0.490 e. The maximum atomic E-state index is 14.3. The van der Waals surface area contributed by atoms with Crippen LogP contribution in [-0.2, 0) is 20.9 Å². The van der Waals surface area contributed by atoms with Crippen LogP contribution in [0.25, 0.3) is 0 Å². The molecule has 0 unspecified atom stereocenters. The molecule has 0 aromatic heterocycles. The number of nitrogens with zero attached hydrogens (tertiary/aromatic N) is 2. The Morgan fingerprint density at radius 1 is 1.02 bits per heavy atom. The summed E-state index contributed by atoms with van der Waals surface area (Å²) in [7, 11) is -2.34. The van der Waals surface area contributed by atoms with E-state index in [0.717, 1.165) is 30.7 Å². The molecule has 11 nitrogen and oxygen atoms in total. The van der Waals surface area contributed by atoms with E-state index in [-0.39, 0.29) is 53.4 Å². The molecule has 3 amide bonds. The lowest BCUT2D eigenvalue weighted by atomic mass is 10.0. The number of fused-ring (bicyclic) bond motifs is 1. The van der Waals surface area contributed by atoms with Crippen LogP contribution < -0.4 is 15.4 Å². The van der Waals surface area contributed by atoms with Crippen LogP contribution in [0.3, 0.4) is 0 Å². The minimum atomic E-state index is -4.52. The SMILES string of the molecule is C[C@H]1CCCCO[C@@H](CN(C)S(=O)(=O)c2ccccc2)[C@@H](C)CN([C@@H](C)CO)C(=O)c2cc(NC(=O)Nc3ccc(C(F)(F)F)cc3)ccc2O1. The number of carbonyl (C=O) groups excluding carboxylic acids is 2. The Kier molecular flexibility index (Phi) is 13.5. The van der Waals surface area contributed by atoms with Gasteiger partial charge in [0.05, 0.1) is 40.9 Å². The number of benzene rings is 3. The van der Waals surface area contributed by atoms with Gasteiger partial charge in [0.15, 0.2) is 0 Å². The van der Waals surface area contributed by atoms with Crippen LogP contribution in [0.15, 0.2) is 77.7 Å². The molecule has 51 heavy (non-hydrogen) atoms. The highest BCUT2D eigenvalue weighted by atomic mass is 32.2. The molecule has 0 aliphatic carbocycles. The Bertz CT molecular complexity index is 1730. The second-order valence-electron chi connectivity index (χ2n) is 12.8. The second-order valence-corrected chi connectivity index (χ2v) is 14.8. The van der Waals surface area contributed by atoms with Gasteiger partial charge in [-0.1, -0.05) is 25.1 Å². The molecule has 15 heteroatoms. The lowest BCUT2D eigenvalue weighted by Crippen LogP contribution is -2.48. The van der Waals surface area contributed by atoms with E-state index in [4.69, 9.17) is 9.47 Å². The van der Waals surface area contributed by atoms with E-state index in [9.17, 15) is 36.3 Å². The number of amides is 3. The van der Waals surface area contributed by atoms with Crippen LogP contribution in [0, 0.1) is 5.92 Å². The van der Waals surface area contributed by atoms with Gasteiger partial charge in [0.25, 0.3) is 5.91 Å². The van der Waals surface area contributed by atoms with Crippen molar-refractivity contribution in [1.82, 2.24) is 9.21 Å². The van der Waals surface area contributed by atoms with Crippen LogP contribution in [0.4, 0.5) is 29.3 Å². The summed E-state index contributed by atoms with van der Waals surface area (Å²) in [6.45, 7) is 5.51. The fourth-order valence-corrected chi connectivity index (χ4v) is 6.83. The number of aliphatic hydroxyl groups is 1. The van der Waals surface area contributed by atoms with Gasteiger partial charge in [0, 0.05) is 44.0 Å². The van der Waals surface area contributed by atoms with Crippen LogP contribution >= 0.6 is 0 Å². The zero-order chi connectivity index (χ0) is 37.3. The highest BCUT2D eigenvalue weighted by Gasteiger charge is 2.33. The second kappa shape index (κ2) is 17.4. The van der Waals surface area contributed by atoms with Gasteiger partial charge in [-0.3, -0.25) is 4.79 Å². The van der Waals surface area contributed by atoms with Crippen molar-refractivity contribution in [3.8, 4) is 5.75 Å². The first kappa shape index (κ1) is 39.6. The number of aliphatic hydroxyl groups excluding tert-OH is 1. The standard InChI is InChI=1S/C36H45F3N4O7S/c1-24-21-43(25(2)23-44)34(45)31-20-29(41-35(46)40-28-15-13-27(14-16-28)36(37,38)39)17-18-32(31)50-26(3)10-8-9-19-49-33(24)22-42(4)51(47,48)30-11-6-5-7-12-30/h5-7,11-18,20,24-26,33,44H,8-10,19,21-23H2,1-4H3,(H2,40,41,46)/t24-,25-,26-,33-/m0/s1. The van der Waals surface area contributed by atoms with Crippen LogP contribution in [-0.4, -0.2) is 86.3 Å². The number of urea groups is 1. The van der Waals surface area contributed by atoms with E-state index in [1.165, 1.54) is 34.5 Å². The molecule has 0 fully saturated rings. The number of ether oxygens (including phenoxy) is 2. The van der Waals surface area contributed by atoms with Crippen LogP contribution in [0.5, 0.6) is 5.75 Å². The van der Waals surface area contributed by atoms with Gasteiger partial charge in [0.2, 0.25) is 10.0 Å². The van der Waals surface area contributed by atoms with Crippen LogP contribution in [0.2, 0.25) is 0 Å². The van der Waals surface area contributed by atoms with Gasteiger partial charge in [-0.25, -0.2) is 13.2 Å². The average Bonchev–Trinajstić information content (AvgIpc) is 3.09. The minimum absolute atomic E-state index is 0.0200. The van der Waals surface area contributed by atoms with E-state index < -0.39 is 51.8 Å². The molecular formula is C36H45F3N4O7S. The summed E-state index contributed by atoms with van der Waals surface area (Å²) >= 11 is 0. The highest BCUT2D eigenvalue weighted by molar-refractivity contribution is 7.89. The molecule has 0 radical (unpaired) electrons. The number of hydrogen-bond donors (Lipinski definition) is 3. The molecular weight excluding hydrogens is 689 g/mol. The fourth-order valence-electron chi connectivity index (χ4n) is 5.62. The zero-order valence-electron chi connectivity index (χ0n) is 29.0. The number of rotatable bonds is 8. The number of hydrogen-bond acceptors (Lipinski definition) is 7. The summed E-state index contributed by atoms with van der Waals surface area (Å²) in [5.74, 6) is -0.626. The topological polar surface area (TPSA) is 138 Å². The first-order chi connectivity index (χ1) is 24.1. The third kappa shape index (κ3) is 10.7. The predicted octanol–water partition coefficient (Wildman–Crippen LogP) is 6.47. The molecule has 3 N–H and O–H groups in total. The van der Waals surface area contributed by atoms with Crippen molar-refractivity contribution >= 4 is 33.3 Å². The summed E-state index contributed by atoms with van der Waals surface area (Å²) in [4.78, 5) is 28.8. The number of anilines is 2. The Morgan fingerprint density at radius 3 is 2.31 bits per heavy atom. The monoisotopic (exact) mass is 734 g/mol. The van der Waals surface area contributed by atoms with E-state index in [1.54, 1.807) is 37.3 Å². The summed E-state index contributed by atoms with van der Waals surface area (Å²) in [5.41, 5.74) is -0.407. The van der Waals surface area contributed by atoms with Crippen LogP contribution in [0.1, 0.15) is 56.0 Å². The number of likely N-dealkylation sites (N-methyl/N-ethyl adjacent to an activating group) is 1. The Labute approximate surface area is 296 Å². The van der Waals surface area contributed by atoms with E-state index in [1.807, 2.05) is 13.8 Å². The van der Waals surface area contributed by atoms with Gasteiger partial charge in [-0.15, -0.1) is 0 Å². The molecule has 1 aliphatic heterocycles. The molecule has 0 saturated heterocycles. The zero-order valence-corrected chi connectivity index (χ0v) is 29.8. The molecule has 3 aromatic rings. The smallest absolute Gasteiger partial charge is 0.416 e. The van der Waals surface area contributed by atoms with E-state index >= 15 is 0 Å². The summed E-state index contributed by atoms with van der Waals surface area (Å²) in [6, 6.07) is 15.2. The molecule has 4 rings (SSSR count). The lowest BCUT2D eigenvalue weighted by Gasteiger charge is -2.35. The van der Waals surface area contributed by atoms with Crippen molar-refractivity contribution < 1.29 is 45.8 Å². The van der Waals surface area contributed by atoms with E-state index in [0.29, 0.717) is 19.4 Å². The largest absolute Gasteiger partial charge is 0.490 e. The molecule has 3 aromatic carbocycles. The van der Waals surface area contributed by atoms with Gasteiger partial charge >= 0.3 is 12.2 Å². The molecule has 0 spiro atoms. The lowest BCUT2D eigenvalue weighted by molar-refractivity contribution is -0.137. The summed E-state index contributed by atoms with van der Waals surface area (Å²) < 4.78 is 79.3. The summed E-state index contributed by atoms with van der Waals surface area (Å²) in [6.07, 6.45) is -3.37. The molecule has 0 saturated carbocycles. The Hall–Kier alpha value is -4.18. The maximum Gasteiger partial charge on any atom is 0.416 e. The van der Waals surface area contributed by atoms with Crippen molar-refractivity contribution in [3.05, 3.63) is 83.9 Å². The molecule has 1 heterocycles. The number of sulfonamides is 1. The molecule has 278 valence electrons. The van der Waals surface area contributed by atoms with Crippen molar-refractivity contribution in [3.63, 3.8) is 0 Å². The first-order valence-electron chi connectivity index (χ1n) is 16.7. The summed E-state index contributed by atoms with van der Waals surface area (Å²) in [5, 5.41) is 15.3. The Morgan fingerprint density at radius 2 is 1.67 bits per heavy atom. The van der Waals surface area contributed by atoms with Gasteiger partial charge in [0.1, 0.15) is 5.75 Å². The van der Waals surface area contributed by atoms with Crippen molar-refractivity contribution in [2.24, 2.45) is 5.92 Å². The number of halogens is 3. The van der Waals surface area contributed by atoms with E-state index in [2.05, 4.69) is 10.6 Å².